The number of carbonyl (C=O) groups is 4. The quantitative estimate of drug-likeness (QED) is 0.121. The second-order valence-electron chi connectivity index (χ2n) is 11.0. The highest BCUT2D eigenvalue weighted by Gasteiger charge is 2.25. The highest BCUT2D eigenvalue weighted by Crippen LogP contribution is 2.35. The first-order chi connectivity index (χ1) is 22.3. The molecule has 0 spiro atoms. The summed E-state index contributed by atoms with van der Waals surface area (Å²) >= 11 is 13.0. The van der Waals surface area contributed by atoms with E-state index in [9.17, 15) is 19.2 Å². The largest absolute Gasteiger partial charge is 0.324 e. The maximum absolute atomic E-state index is 12.8. The van der Waals surface area contributed by atoms with E-state index < -0.39 is 35.5 Å². The minimum absolute atomic E-state index is 0.228. The van der Waals surface area contributed by atoms with Crippen LogP contribution in [0.4, 0.5) is 22.7 Å². The number of carbonyl (C=O) groups excluding carboxylic acids is 4. The standard InChI is InChI=1S/C35H32Cl2N6O4/c1-19-6-11-26(12-7-19)38-34(46)32(22(4)44)42-40-30-14-9-24(17-27(30)36)25-10-15-31(28(37)18-25)41-43-33(23(5)45)35(47)39-29-13-8-20(2)16-21(29)3/h6-18,32-33H,1-5H3,(H,38,46)(H,39,47). The summed E-state index contributed by atoms with van der Waals surface area (Å²) in [4.78, 5) is 50.0. The number of hydrogen-bond acceptors (Lipinski definition) is 8. The topological polar surface area (TPSA) is 142 Å². The molecule has 0 saturated heterocycles. The summed E-state index contributed by atoms with van der Waals surface area (Å²) in [6.07, 6.45) is 0. The van der Waals surface area contributed by atoms with Crippen LogP contribution in [0.15, 0.2) is 99.3 Å². The van der Waals surface area contributed by atoms with Crippen molar-refractivity contribution in [1.29, 1.82) is 0 Å². The number of rotatable bonds is 11. The first-order valence-corrected chi connectivity index (χ1v) is 15.3. The molecule has 2 unspecified atom stereocenters. The maximum Gasteiger partial charge on any atom is 0.258 e. The Kier molecular flexibility index (Phi) is 11.5. The van der Waals surface area contributed by atoms with Gasteiger partial charge in [0.2, 0.25) is 12.1 Å². The van der Waals surface area contributed by atoms with Crippen LogP contribution in [0.3, 0.4) is 0 Å². The summed E-state index contributed by atoms with van der Waals surface area (Å²) in [5.41, 5.74) is 5.94. The number of nitrogens with one attached hydrogen (secondary N) is 2. The molecule has 0 heterocycles. The van der Waals surface area contributed by atoms with E-state index in [0.29, 0.717) is 22.5 Å². The van der Waals surface area contributed by atoms with Gasteiger partial charge in [0.15, 0.2) is 11.6 Å². The SMILES string of the molecule is CC(=O)C(N=Nc1ccc(-c2ccc(N=NC(C(C)=O)C(=O)Nc3ccc(C)cc3C)c(Cl)c2)cc1Cl)C(=O)Nc1ccc(C)cc1. The molecule has 2 N–H and O–H groups in total. The van der Waals surface area contributed by atoms with Gasteiger partial charge in [-0.05, 0) is 93.8 Å². The summed E-state index contributed by atoms with van der Waals surface area (Å²) < 4.78 is 0. The Hall–Kier alpha value is -5.06. The summed E-state index contributed by atoms with van der Waals surface area (Å²) in [7, 11) is 0. The van der Waals surface area contributed by atoms with Crippen molar-refractivity contribution >= 4 is 69.3 Å². The van der Waals surface area contributed by atoms with Crippen LogP contribution in [-0.2, 0) is 19.2 Å². The lowest BCUT2D eigenvalue weighted by Gasteiger charge is -2.12. The van der Waals surface area contributed by atoms with Gasteiger partial charge in [-0.15, -0.1) is 0 Å². The molecule has 0 saturated carbocycles. The molecule has 240 valence electrons. The van der Waals surface area contributed by atoms with Crippen molar-refractivity contribution in [3.8, 4) is 11.1 Å². The van der Waals surface area contributed by atoms with E-state index in [1.54, 1.807) is 54.6 Å². The zero-order valence-electron chi connectivity index (χ0n) is 26.3. The summed E-state index contributed by atoms with van der Waals surface area (Å²) in [5.74, 6) is -2.16. The summed E-state index contributed by atoms with van der Waals surface area (Å²) in [6, 6.07) is 19.9. The third-order valence-electron chi connectivity index (χ3n) is 7.02. The van der Waals surface area contributed by atoms with Crippen LogP contribution in [0.1, 0.15) is 30.5 Å². The maximum atomic E-state index is 12.8. The zero-order chi connectivity index (χ0) is 34.2. The molecule has 0 aliphatic rings. The number of azo groups is 2. The van der Waals surface area contributed by atoms with Crippen molar-refractivity contribution in [2.45, 2.75) is 46.7 Å². The van der Waals surface area contributed by atoms with Gasteiger partial charge in [-0.2, -0.15) is 20.5 Å². The van der Waals surface area contributed by atoms with Crippen LogP contribution in [0.25, 0.3) is 11.1 Å². The Morgan fingerprint density at radius 1 is 0.596 bits per heavy atom. The Morgan fingerprint density at radius 2 is 1.06 bits per heavy atom. The van der Waals surface area contributed by atoms with Crippen molar-refractivity contribution < 1.29 is 19.2 Å². The smallest absolute Gasteiger partial charge is 0.258 e. The molecule has 4 aromatic rings. The molecule has 12 heteroatoms. The Morgan fingerprint density at radius 3 is 1.51 bits per heavy atom. The van der Waals surface area contributed by atoms with Gasteiger partial charge in [-0.25, -0.2) is 0 Å². The van der Waals surface area contributed by atoms with Gasteiger partial charge in [0.05, 0.1) is 10.0 Å². The van der Waals surface area contributed by atoms with Gasteiger partial charge in [-0.1, -0.05) is 70.7 Å². The molecule has 47 heavy (non-hydrogen) atoms. The van der Waals surface area contributed by atoms with E-state index in [2.05, 4.69) is 31.1 Å². The molecule has 0 aliphatic heterocycles. The summed E-state index contributed by atoms with van der Waals surface area (Å²) in [5, 5.41) is 22.0. The second kappa shape index (κ2) is 15.5. The van der Waals surface area contributed by atoms with E-state index in [1.165, 1.54) is 13.8 Å². The van der Waals surface area contributed by atoms with Crippen LogP contribution in [0.2, 0.25) is 10.0 Å². The Bertz CT molecular complexity index is 1910. The average molecular weight is 672 g/mol. The summed E-state index contributed by atoms with van der Waals surface area (Å²) in [6.45, 7) is 8.26. The third kappa shape index (κ3) is 9.25. The fourth-order valence-corrected chi connectivity index (χ4v) is 4.85. The molecule has 0 bridgehead atoms. The van der Waals surface area contributed by atoms with Gasteiger partial charge in [0, 0.05) is 11.4 Å². The normalized spacial score (nSPS) is 12.6. The average Bonchev–Trinajstić information content (AvgIpc) is 3.01. The van der Waals surface area contributed by atoms with Gasteiger partial charge in [0.1, 0.15) is 11.4 Å². The first kappa shape index (κ1) is 34.8. The predicted octanol–water partition coefficient (Wildman–Crippen LogP) is 8.95. The van der Waals surface area contributed by atoms with Crippen LogP contribution < -0.4 is 10.6 Å². The fraction of sp³-hybridized carbons (Fsp3) is 0.200. The number of ketones is 2. The van der Waals surface area contributed by atoms with Crippen LogP contribution in [-0.4, -0.2) is 35.5 Å². The highest BCUT2D eigenvalue weighted by atomic mass is 35.5. The third-order valence-corrected chi connectivity index (χ3v) is 7.62. The zero-order valence-corrected chi connectivity index (χ0v) is 27.8. The van der Waals surface area contributed by atoms with Crippen molar-refractivity contribution in [2.75, 3.05) is 10.6 Å². The highest BCUT2D eigenvalue weighted by molar-refractivity contribution is 6.34. The number of nitrogens with zero attached hydrogens (tertiary/aromatic N) is 4. The molecule has 0 fully saturated rings. The Balaban J connectivity index is 1.47. The Labute approximate surface area is 282 Å². The van der Waals surface area contributed by atoms with Crippen molar-refractivity contribution in [3.05, 3.63) is 106 Å². The number of anilines is 2. The monoisotopic (exact) mass is 670 g/mol. The van der Waals surface area contributed by atoms with Crippen LogP contribution in [0.5, 0.6) is 0 Å². The minimum Gasteiger partial charge on any atom is -0.324 e. The van der Waals surface area contributed by atoms with E-state index in [1.807, 2.05) is 45.0 Å². The van der Waals surface area contributed by atoms with E-state index in [4.69, 9.17) is 23.2 Å². The second-order valence-corrected chi connectivity index (χ2v) is 11.8. The number of amides is 2. The van der Waals surface area contributed by atoms with Crippen molar-refractivity contribution in [1.82, 2.24) is 0 Å². The lowest BCUT2D eigenvalue weighted by atomic mass is 10.0. The molecule has 0 aliphatic carbocycles. The van der Waals surface area contributed by atoms with E-state index in [-0.39, 0.29) is 21.4 Å². The minimum atomic E-state index is -1.36. The molecule has 2 atom stereocenters. The molecular formula is C35H32Cl2N6O4. The van der Waals surface area contributed by atoms with Crippen LogP contribution in [0, 0.1) is 20.8 Å². The molecule has 4 aromatic carbocycles. The fourth-order valence-electron chi connectivity index (χ4n) is 4.41. The van der Waals surface area contributed by atoms with Gasteiger partial charge < -0.3 is 10.6 Å². The number of hydrogen-bond donors (Lipinski definition) is 2. The van der Waals surface area contributed by atoms with Gasteiger partial charge in [0.25, 0.3) is 11.8 Å². The number of halogens is 2. The number of Topliss-reactive ketones (excluding diaryl/α,β-unsaturated/α-hetero) is 2. The van der Waals surface area contributed by atoms with E-state index >= 15 is 0 Å². The van der Waals surface area contributed by atoms with E-state index in [0.717, 1.165) is 16.7 Å². The molecule has 10 nitrogen and oxygen atoms in total. The van der Waals surface area contributed by atoms with Gasteiger partial charge in [-0.3, -0.25) is 19.2 Å². The predicted molar refractivity (Wildman–Crippen MR) is 184 cm³/mol. The van der Waals surface area contributed by atoms with Crippen LogP contribution >= 0.6 is 23.2 Å². The molecule has 2 amide bonds. The lowest BCUT2D eigenvalue weighted by molar-refractivity contribution is -0.127. The number of benzene rings is 4. The first-order valence-electron chi connectivity index (χ1n) is 14.5. The molecule has 4 rings (SSSR count). The van der Waals surface area contributed by atoms with Gasteiger partial charge >= 0.3 is 0 Å². The van der Waals surface area contributed by atoms with Crippen molar-refractivity contribution in [3.63, 3.8) is 0 Å². The number of aryl methyl sites for hydroxylation is 3. The van der Waals surface area contributed by atoms with Crippen molar-refractivity contribution in [2.24, 2.45) is 20.5 Å². The lowest BCUT2D eigenvalue weighted by Crippen LogP contribution is -2.32. The molecule has 0 aromatic heterocycles. The molecule has 0 radical (unpaired) electrons. The molecular weight excluding hydrogens is 639 g/mol.